The van der Waals surface area contributed by atoms with Gasteiger partial charge in [-0.2, -0.15) is 0 Å². The highest BCUT2D eigenvalue weighted by Gasteiger charge is 2.19. The number of aryl methyl sites for hydroxylation is 2. The van der Waals surface area contributed by atoms with Gasteiger partial charge in [0, 0.05) is 5.69 Å². The number of nitrogens with two attached hydrogens (primary N) is 1. The smallest absolute Gasteiger partial charge is 0.245 e. The molecule has 0 saturated carbocycles. The Hall–Kier alpha value is -1.84. The number of fused-ring (bicyclic) bond motifs is 1. The summed E-state index contributed by atoms with van der Waals surface area (Å²) in [6.07, 6.45) is 4.55. The molecule has 1 amide bonds. The van der Waals surface area contributed by atoms with Crippen LogP contribution in [0.15, 0.2) is 42.5 Å². The lowest BCUT2D eigenvalue weighted by atomic mass is 9.90. The topological polar surface area (TPSA) is 55.1 Å². The van der Waals surface area contributed by atoms with Crippen LogP contribution in [-0.2, 0) is 17.6 Å². The van der Waals surface area contributed by atoms with Crippen LogP contribution in [0.2, 0.25) is 0 Å². The monoisotopic (exact) mass is 330 g/mol. The zero-order valence-electron chi connectivity index (χ0n) is 13.3. The Morgan fingerprint density at radius 3 is 2.52 bits per heavy atom. The quantitative estimate of drug-likeness (QED) is 0.895. The van der Waals surface area contributed by atoms with Crippen molar-refractivity contribution in [3.63, 3.8) is 0 Å². The molecule has 3 N–H and O–H groups in total. The summed E-state index contributed by atoms with van der Waals surface area (Å²) in [4.78, 5) is 12.4. The molecule has 1 unspecified atom stereocenters. The molecule has 2 aromatic carbocycles. The van der Waals surface area contributed by atoms with Gasteiger partial charge in [0.15, 0.2) is 0 Å². The van der Waals surface area contributed by atoms with Gasteiger partial charge >= 0.3 is 0 Å². The van der Waals surface area contributed by atoms with Crippen LogP contribution in [0, 0.1) is 6.92 Å². The maximum absolute atomic E-state index is 12.4. The van der Waals surface area contributed by atoms with Crippen molar-refractivity contribution in [2.24, 2.45) is 5.73 Å². The van der Waals surface area contributed by atoms with Crippen molar-refractivity contribution >= 4 is 24.0 Å². The lowest BCUT2D eigenvalue weighted by molar-refractivity contribution is -0.117. The van der Waals surface area contributed by atoms with E-state index in [-0.39, 0.29) is 18.3 Å². The molecule has 3 nitrogen and oxygen atoms in total. The number of halogens is 1. The Bertz CT molecular complexity index is 682. The molecule has 0 aliphatic heterocycles. The zero-order valence-corrected chi connectivity index (χ0v) is 14.2. The van der Waals surface area contributed by atoms with E-state index in [4.69, 9.17) is 5.73 Å². The third kappa shape index (κ3) is 3.92. The normalized spacial score (nSPS) is 14.3. The molecule has 0 aromatic heterocycles. The highest BCUT2D eigenvalue weighted by atomic mass is 35.5. The van der Waals surface area contributed by atoms with Crippen molar-refractivity contribution in [1.29, 1.82) is 0 Å². The van der Waals surface area contributed by atoms with E-state index >= 15 is 0 Å². The van der Waals surface area contributed by atoms with Gasteiger partial charge in [-0.1, -0.05) is 42.0 Å². The summed E-state index contributed by atoms with van der Waals surface area (Å²) in [5.41, 5.74) is 11.7. The van der Waals surface area contributed by atoms with Crippen LogP contribution in [0.5, 0.6) is 0 Å². The molecule has 4 heteroatoms. The van der Waals surface area contributed by atoms with Crippen LogP contribution in [0.3, 0.4) is 0 Å². The van der Waals surface area contributed by atoms with Gasteiger partial charge in [-0.25, -0.2) is 0 Å². The number of hydrogen-bond donors (Lipinski definition) is 2. The molecule has 0 spiro atoms. The van der Waals surface area contributed by atoms with Crippen molar-refractivity contribution in [3.8, 4) is 0 Å². The second-order valence-corrected chi connectivity index (χ2v) is 6.03. The Labute approximate surface area is 143 Å². The first-order valence-electron chi connectivity index (χ1n) is 7.89. The van der Waals surface area contributed by atoms with Crippen LogP contribution in [0.4, 0.5) is 5.69 Å². The molecule has 23 heavy (non-hydrogen) atoms. The predicted molar refractivity (Wildman–Crippen MR) is 97.1 cm³/mol. The number of rotatable bonds is 3. The molecule has 1 aliphatic carbocycles. The molecular formula is C19H23ClN2O. The number of hydrogen-bond acceptors (Lipinski definition) is 2. The van der Waals surface area contributed by atoms with E-state index in [0.29, 0.717) is 0 Å². The molecular weight excluding hydrogens is 308 g/mol. The minimum absolute atomic E-state index is 0. The van der Waals surface area contributed by atoms with E-state index in [9.17, 15) is 4.79 Å². The minimum Gasteiger partial charge on any atom is -0.324 e. The highest BCUT2D eigenvalue weighted by molar-refractivity contribution is 5.96. The maximum atomic E-state index is 12.4. The van der Waals surface area contributed by atoms with Gasteiger partial charge in [0.05, 0.1) is 0 Å². The van der Waals surface area contributed by atoms with Gasteiger partial charge < -0.3 is 11.1 Å². The molecule has 122 valence electrons. The summed E-state index contributed by atoms with van der Waals surface area (Å²) >= 11 is 0. The highest BCUT2D eigenvalue weighted by Crippen LogP contribution is 2.28. The number of carbonyl (C=O) groups excluding carboxylic acids is 1. The first-order chi connectivity index (χ1) is 10.6. The minimum atomic E-state index is -0.639. The first kappa shape index (κ1) is 17.5. The molecule has 1 aliphatic rings. The molecule has 1 atom stereocenters. The van der Waals surface area contributed by atoms with Crippen LogP contribution >= 0.6 is 12.4 Å². The van der Waals surface area contributed by atoms with Crippen molar-refractivity contribution < 1.29 is 4.79 Å². The van der Waals surface area contributed by atoms with Crippen molar-refractivity contribution in [3.05, 3.63) is 64.7 Å². The molecule has 0 radical (unpaired) electrons. The number of carbonyl (C=O) groups is 1. The summed E-state index contributed by atoms with van der Waals surface area (Å²) in [6, 6.07) is 13.3. The summed E-state index contributed by atoms with van der Waals surface area (Å²) in [7, 11) is 0. The van der Waals surface area contributed by atoms with E-state index < -0.39 is 6.04 Å². The van der Waals surface area contributed by atoms with Crippen molar-refractivity contribution in [2.75, 3.05) is 5.32 Å². The van der Waals surface area contributed by atoms with Crippen LogP contribution in [-0.4, -0.2) is 5.91 Å². The molecule has 2 aromatic rings. The van der Waals surface area contributed by atoms with Gasteiger partial charge in [0.2, 0.25) is 5.91 Å². The van der Waals surface area contributed by atoms with Crippen molar-refractivity contribution in [2.45, 2.75) is 38.6 Å². The fraction of sp³-hybridized carbons (Fsp3) is 0.316. The average molecular weight is 331 g/mol. The average Bonchev–Trinajstić information content (AvgIpc) is 2.55. The van der Waals surface area contributed by atoms with E-state index in [1.165, 1.54) is 24.0 Å². The van der Waals surface area contributed by atoms with E-state index in [0.717, 1.165) is 29.7 Å². The summed E-state index contributed by atoms with van der Waals surface area (Å²) in [5.74, 6) is -0.150. The number of nitrogens with one attached hydrogen (secondary N) is 1. The third-order valence-electron chi connectivity index (χ3n) is 4.37. The molecule has 0 saturated heterocycles. The van der Waals surface area contributed by atoms with Gasteiger partial charge in [0.1, 0.15) is 6.04 Å². The van der Waals surface area contributed by atoms with Crippen LogP contribution in [0.25, 0.3) is 0 Å². The predicted octanol–water partition coefficient (Wildman–Crippen LogP) is 3.93. The van der Waals surface area contributed by atoms with Gasteiger partial charge in [-0.05, 0) is 55.4 Å². The van der Waals surface area contributed by atoms with Gasteiger partial charge in [-0.15, -0.1) is 12.4 Å². The van der Waals surface area contributed by atoms with E-state index in [1.54, 1.807) is 0 Å². The van der Waals surface area contributed by atoms with Gasteiger partial charge in [0.25, 0.3) is 0 Å². The molecule has 0 heterocycles. The Morgan fingerprint density at radius 1 is 1.09 bits per heavy atom. The Kier molecular flexibility index (Phi) is 5.80. The fourth-order valence-corrected chi connectivity index (χ4v) is 3.03. The van der Waals surface area contributed by atoms with Crippen LogP contribution < -0.4 is 11.1 Å². The lowest BCUT2D eigenvalue weighted by Gasteiger charge is -2.21. The largest absolute Gasteiger partial charge is 0.324 e. The number of benzene rings is 2. The van der Waals surface area contributed by atoms with Crippen molar-refractivity contribution in [1.82, 2.24) is 0 Å². The zero-order chi connectivity index (χ0) is 15.5. The van der Waals surface area contributed by atoms with E-state index in [2.05, 4.69) is 11.4 Å². The summed E-state index contributed by atoms with van der Waals surface area (Å²) in [6.45, 7) is 2.02. The SMILES string of the molecule is Cc1ccc(C(N)C(=O)Nc2cccc3c2CCCC3)cc1.Cl. The fourth-order valence-electron chi connectivity index (χ4n) is 3.03. The second kappa shape index (κ2) is 7.62. The first-order valence-corrected chi connectivity index (χ1v) is 7.89. The third-order valence-corrected chi connectivity index (χ3v) is 4.37. The van der Waals surface area contributed by atoms with Crippen LogP contribution in [0.1, 0.15) is 41.1 Å². The molecule has 0 fully saturated rings. The molecule has 3 rings (SSSR count). The van der Waals surface area contributed by atoms with Gasteiger partial charge in [-0.3, -0.25) is 4.79 Å². The van der Waals surface area contributed by atoms with E-state index in [1.807, 2.05) is 43.3 Å². The summed E-state index contributed by atoms with van der Waals surface area (Å²) in [5, 5.41) is 3.02. The Balaban J connectivity index is 0.00000192. The summed E-state index contributed by atoms with van der Waals surface area (Å²) < 4.78 is 0. The second-order valence-electron chi connectivity index (χ2n) is 6.03. The molecule has 0 bridgehead atoms. The number of amides is 1. The standard InChI is InChI=1S/C19H22N2O.ClH/c1-13-9-11-15(12-10-13)18(20)19(22)21-17-8-4-6-14-5-2-3-7-16(14)17;/h4,6,8-12,18H,2-3,5,7,20H2,1H3,(H,21,22);1H. The number of anilines is 1. The Morgan fingerprint density at radius 2 is 1.78 bits per heavy atom. The maximum Gasteiger partial charge on any atom is 0.245 e. The lowest BCUT2D eigenvalue weighted by Crippen LogP contribution is -2.28.